The quantitative estimate of drug-likeness (QED) is 0.727. The number of nitrogens with zero attached hydrogens (tertiary/aromatic N) is 2. The molecule has 5 nitrogen and oxygen atoms in total. The molecule has 0 saturated carbocycles. The SMILES string of the molecule is COCCN(CCO)c1ccc([C@@H](C)N)nc1. The van der Waals surface area contributed by atoms with E-state index in [2.05, 4.69) is 4.98 Å². The molecule has 17 heavy (non-hydrogen) atoms. The van der Waals surface area contributed by atoms with Crippen LogP contribution in [0.15, 0.2) is 18.3 Å². The smallest absolute Gasteiger partial charge is 0.0637 e. The number of methoxy groups -OCH3 is 1. The zero-order valence-electron chi connectivity index (χ0n) is 10.5. The molecule has 0 aliphatic rings. The zero-order chi connectivity index (χ0) is 12.7. The van der Waals surface area contributed by atoms with Gasteiger partial charge in [-0.25, -0.2) is 0 Å². The van der Waals surface area contributed by atoms with Crippen LogP contribution in [0.3, 0.4) is 0 Å². The maximum Gasteiger partial charge on any atom is 0.0637 e. The Labute approximate surface area is 102 Å². The van der Waals surface area contributed by atoms with Gasteiger partial charge in [0.15, 0.2) is 0 Å². The molecule has 0 aromatic carbocycles. The van der Waals surface area contributed by atoms with Gasteiger partial charge in [-0.05, 0) is 19.1 Å². The van der Waals surface area contributed by atoms with Gasteiger partial charge in [0.1, 0.15) is 0 Å². The highest BCUT2D eigenvalue weighted by atomic mass is 16.5. The predicted molar refractivity (Wildman–Crippen MR) is 68.0 cm³/mol. The number of ether oxygens (including phenoxy) is 1. The van der Waals surface area contributed by atoms with Gasteiger partial charge in [-0.3, -0.25) is 4.98 Å². The fourth-order valence-corrected chi connectivity index (χ4v) is 1.55. The van der Waals surface area contributed by atoms with Crippen molar-refractivity contribution < 1.29 is 9.84 Å². The van der Waals surface area contributed by atoms with Gasteiger partial charge < -0.3 is 20.5 Å². The number of aromatic nitrogens is 1. The lowest BCUT2D eigenvalue weighted by Crippen LogP contribution is -2.30. The van der Waals surface area contributed by atoms with Crippen molar-refractivity contribution in [1.29, 1.82) is 0 Å². The Morgan fingerprint density at radius 3 is 2.71 bits per heavy atom. The Hall–Kier alpha value is -1.17. The highest BCUT2D eigenvalue weighted by Gasteiger charge is 2.07. The second-order valence-corrected chi connectivity index (χ2v) is 3.93. The molecule has 1 rings (SSSR count). The molecule has 0 spiro atoms. The second kappa shape index (κ2) is 7.21. The Balaban J connectivity index is 2.72. The number of hydrogen-bond donors (Lipinski definition) is 2. The van der Waals surface area contributed by atoms with E-state index in [4.69, 9.17) is 15.6 Å². The van der Waals surface area contributed by atoms with Crippen LogP contribution in [0.5, 0.6) is 0 Å². The van der Waals surface area contributed by atoms with Crippen LogP contribution >= 0.6 is 0 Å². The van der Waals surface area contributed by atoms with Crippen molar-refractivity contribution in [3.63, 3.8) is 0 Å². The molecule has 0 amide bonds. The van der Waals surface area contributed by atoms with E-state index in [9.17, 15) is 0 Å². The van der Waals surface area contributed by atoms with Crippen molar-refractivity contribution in [2.75, 3.05) is 38.3 Å². The van der Waals surface area contributed by atoms with E-state index in [1.807, 2.05) is 24.0 Å². The molecular weight excluding hydrogens is 218 g/mol. The third-order valence-corrected chi connectivity index (χ3v) is 2.54. The Morgan fingerprint density at radius 1 is 1.47 bits per heavy atom. The lowest BCUT2D eigenvalue weighted by Gasteiger charge is -2.23. The van der Waals surface area contributed by atoms with E-state index in [1.165, 1.54) is 0 Å². The van der Waals surface area contributed by atoms with Crippen LogP contribution < -0.4 is 10.6 Å². The lowest BCUT2D eigenvalue weighted by molar-refractivity contribution is 0.203. The van der Waals surface area contributed by atoms with Gasteiger partial charge in [-0.2, -0.15) is 0 Å². The minimum atomic E-state index is -0.0608. The van der Waals surface area contributed by atoms with Crippen LogP contribution in [0.25, 0.3) is 0 Å². The van der Waals surface area contributed by atoms with Gasteiger partial charge in [0.05, 0.1) is 30.8 Å². The first-order chi connectivity index (χ1) is 8.19. The van der Waals surface area contributed by atoms with E-state index in [0.29, 0.717) is 13.2 Å². The summed E-state index contributed by atoms with van der Waals surface area (Å²) >= 11 is 0. The van der Waals surface area contributed by atoms with E-state index in [-0.39, 0.29) is 12.6 Å². The third-order valence-electron chi connectivity index (χ3n) is 2.54. The molecule has 0 saturated heterocycles. The van der Waals surface area contributed by atoms with Crippen LogP contribution in [0.4, 0.5) is 5.69 Å². The van der Waals surface area contributed by atoms with Crippen molar-refractivity contribution in [3.8, 4) is 0 Å². The molecule has 3 N–H and O–H groups in total. The summed E-state index contributed by atoms with van der Waals surface area (Å²) in [6.07, 6.45) is 1.78. The fraction of sp³-hybridized carbons (Fsp3) is 0.583. The number of aliphatic hydroxyl groups excluding tert-OH is 1. The van der Waals surface area contributed by atoms with Crippen LogP contribution in [-0.4, -0.2) is 43.5 Å². The second-order valence-electron chi connectivity index (χ2n) is 3.93. The Bertz CT molecular complexity index is 314. The average Bonchev–Trinajstić information content (AvgIpc) is 2.34. The van der Waals surface area contributed by atoms with Crippen molar-refractivity contribution in [1.82, 2.24) is 4.98 Å². The van der Waals surface area contributed by atoms with Crippen molar-refractivity contribution >= 4 is 5.69 Å². The number of anilines is 1. The molecule has 0 unspecified atom stereocenters. The minimum Gasteiger partial charge on any atom is -0.395 e. The first-order valence-electron chi connectivity index (χ1n) is 5.75. The number of nitrogens with two attached hydrogens (primary N) is 1. The number of hydrogen-bond acceptors (Lipinski definition) is 5. The van der Waals surface area contributed by atoms with E-state index in [1.54, 1.807) is 13.3 Å². The molecule has 0 radical (unpaired) electrons. The summed E-state index contributed by atoms with van der Waals surface area (Å²) in [5.41, 5.74) is 7.58. The van der Waals surface area contributed by atoms with Gasteiger partial charge in [0.25, 0.3) is 0 Å². The van der Waals surface area contributed by atoms with Crippen LogP contribution in [-0.2, 0) is 4.74 Å². The maximum atomic E-state index is 9.02. The van der Waals surface area contributed by atoms with Gasteiger partial charge in [0, 0.05) is 26.2 Å². The molecule has 0 aliphatic carbocycles. The number of aliphatic hydroxyl groups is 1. The van der Waals surface area contributed by atoms with Crippen LogP contribution in [0.1, 0.15) is 18.7 Å². The molecule has 1 aromatic heterocycles. The third kappa shape index (κ3) is 4.30. The largest absolute Gasteiger partial charge is 0.395 e. The Morgan fingerprint density at radius 2 is 2.24 bits per heavy atom. The minimum absolute atomic E-state index is 0.0608. The summed E-state index contributed by atoms with van der Waals surface area (Å²) in [5, 5.41) is 9.02. The standard InChI is InChI=1S/C12H21N3O2/c1-10(13)12-4-3-11(9-14-12)15(5-7-16)6-8-17-2/h3-4,9-10,16H,5-8,13H2,1-2H3/t10-/m1/s1. The van der Waals surface area contributed by atoms with Crippen molar-refractivity contribution in [2.24, 2.45) is 5.73 Å². The van der Waals surface area contributed by atoms with Gasteiger partial charge in [-0.15, -0.1) is 0 Å². The molecule has 1 heterocycles. The van der Waals surface area contributed by atoms with Crippen molar-refractivity contribution in [3.05, 3.63) is 24.0 Å². The van der Waals surface area contributed by atoms with Gasteiger partial charge in [-0.1, -0.05) is 0 Å². The molecule has 0 aliphatic heterocycles. The monoisotopic (exact) mass is 239 g/mol. The highest BCUT2D eigenvalue weighted by molar-refractivity contribution is 5.44. The Kier molecular flexibility index (Phi) is 5.90. The molecule has 1 aromatic rings. The lowest BCUT2D eigenvalue weighted by atomic mass is 10.2. The summed E-state index contributed by atoms with van der Waals surface area (Å²) in [7, 11) is 1.66. The topological polar surface area (TPSA) is 71.6 Å². The van der Waals surface area contributed by atoms with Gasteiger partial charge in [0.2, 0.25) is 0 Å². The molecule has 1 atom stereocenters. The summed E-state index contributed by atoms with van der Waals surface area (Å²) in [5.74, 6) is 0. The summed E-state index contributed by atoms with van der Waals surface area (Å²) in [4.78, 5) is 6.33. The normalized spacial score (nSPS) is 12.5. The molecule has 0 bridgehead atoms. The first kappa shape index (κ1) is 13.9. The summed E-state index contributed by atoms with van der Waals surface area (Å²) < 4.78 is 5.04. The number of rotatable bonds is 7. The molecular formula is C12H21N3O2. The predicted octanol–water partition coefficient (Wildman–Crippen LogP) is 0.546. The summed E-state index contributed by atoms with van der Waals surface area (Å²) in [6.45, 7) is 3.94. The van der Waals surface area contributed by atoms with E-state index < -0.39 is 0 Å². The van der Waals surface area contributed by atoms with Crippen molar-refractivity contribution in [2.45, 2.75) is 13.0 Å². The first-order valence-corrected chi connectivity index (χ1v) is 5.75. The van der Waals surface area contributed by atoms with Crippen LogP contribution in [0, 0.1) is 0 Å². The van der Waals surface area contributed by atoms with Crippen LogP contribution in [0.2, 0.25) is 0 Å². The van der Waals surface area contributed by atoms with Gasteiger partial charge >= 0.3 is 0 Å². The van der Waals surface area contributed by atoms with E-state index >= 15 is 0 Å². The number of pyridine rings is 1. The molecule has 0 fully saturated rings. The fourth-order valence-electron chi connectivity index (χ4n) is 1.55. The molecule has 96 valence electrons. The average molecular weight is 239 g/mol. The maximum absolute atomic E-state index is 9.02. The molecule has 5 heteroatoms. The van der Waals surface area contributed by atoms with E-state index in [0.717, 1.165) is 17.9 Å². The highest BCUT2D eigenvalue weighted by Crippen LogP contribution is 2.15. The summed E-state index contributed by atoms with van der Waals surface area (Å²) in [6, 6.07) is 3.82. The zero-order valence-corrected chi connectivity index (χ0v) is 10.5.